The third-order valence-corrected chi connectivity index (χ3v) is 2.99. The zero-order valence-electron chi connectivity index (χ0n) is 9.78. The van der Waals surface area contributed by atoms with Gasteiger partial charge in [-0.1, -0.05) is 13.8 Å². The molecule has 1 aromatic rings. The molecule has 0 radical (unpaired) electrons. The van der Waals surface area contributed by atoms with E-state index in [2.05, 4.69) is 18.7 Å². The van der Waals surface area contributed by atoms with Crippen LogP contribution in [0.3, 0.4) is 0 Å². The van der Waals surface area contributed by atoms with Crippen molar-refractivity contribution >= 4 is 23.0 Å². The Hall–Kier alpha value is -0.490. The third kappa shape index (κ3) is 4.57. The molecule has 0 aliphatic rings. The normalized spacial score (nSPS) is 10.5. The largest absolute Gasteiger partial charge is 0.492 e. The van der Waals surface area contributed by atoms with E-state index in [4.69, 9.17) is 7.80 Å². The maximum atomic E-state index is 5.64. The number of nitrogens with zero attached hydrogens (tertiary/aromatic N) is 1. The van der Waals surface area contributed by atoms with Crippen LogP contribution in [0.4, 0.5) is 0 Å². The maximum absolute atomic E-state index is 5.64. The van der Waals surface area contributed by atoms with Gasteiger partial charge in [-0.3, -0.25) is 0 Å². The molecule has 0 N–H and O–H groups in total. The first-order valence-corrected chi connectivity index (χ1v) is 6.42. The lowest BCUT2D eigenvalue weighted by atomic mass is 10.3. The Kier molecular flexibility index (Phi) is 6.56. The Labute approximate surface area is 111 Å². The smallest absolute Gasteiger partial charge is 0.192 e. The van der Waals surface area contributed by atoms with Crippen LogP contribution in [0.2, 0.25) is 0 Å². The Bertz CT molecular complexity index is 286. The van der Waals surface area contributed by atoms with Gasteiger partial charge in [-0.25, -0.2) is 0 Å². The van der Waals surface area contributed by atoms with Gasteiger partial charge in [0.2, 0.25) is 0 Å². The minimum Gasteiger partial charge on any atom is -0.492 e. The summed E-state index contributed by atoms with van der Waals surface area (Å²) in [6, 6.07) is 7.66. The Morgan fingerprint density at radius 2 is 1.62 bits per heavy atom. The first-order valence-electron chi connectivity index (χ1n) is 5.54. The molecule has 0 saturated carbocycles. The van der Waals surface area contributed by atoms with Gasteiger partial charge in [-0.2, -0.15) is 0 Å². The van der Waals surface area contributed by atoms with Crippen LogP contribution < -0.4 is 7.80 Å². The summed E-state index contributed by atoms with van der Waals surface area (Å²) in [4.78, 5) is 2.34. The number of halogens is 1. The van der Waals surface area contributed by atoms with Crippen molar-refractivity contribution in [3.05, 3.63) is 24.3 Å². The predicted molar refractivity (Wildman–Crippen MR) is 74.4 cm³/mol. The van der Waals surface area contributed by atoms with Gasteiger partial charge >= 0.3 is 0 Å². The van der Waals surface area contributed by atoms with E-state index in [0.29, 0.717) is 0 Å². The van der Waals surface area contributed by atoms with Crippen LogP contribution in [0, 0.1) is 0 Å². The molecule has 0 aliphatic heterocycles. The lowest BCUT2D eigenvalue weighted by Crippen LogP contribution is -2.27. The average Bonchev–Trinajstić information content (AvgIpc) is 2.35. The van der Waals surface area contributed by atoms with E-state index in [1.165, 1.54) is 0 Å². The number of hydrogen-bond acceptors (Lipinski definition) is 3. The van der Waals surface area contributed by atoms with Gasteiger partial charge in [-0.15, -0.1) is 0 Å². The number of hydrogen-bond donors (Lipinski definition) is 0. The minimum absolute atomic E-state index is 0.728. The van der Waals surface area contributed by atoms with Gasteiger partial charge in [0.05, 0.1) is 0 Å². The second kappa shape index (κ2) is 7.73. The molecule has 0 atom stereocenters. The zero-order chi connectivity index (χ0) is 11.8. The summed E-state index contributed by atoms with van der Waals surface area (Å²) in [6.07, 6.45) is 0. The fourth-order valence-corrected chi connectivity index (χ4v) is 1.71. The van der Waals surface area contributed by atoms with Crippen LogP contribution in [0.25, 0.3) is 0 Å². The zero-order valence-corrected chi connectivity index (χ0v) is 11.9. The van der Waals surface area contributed by atoms with Crippen LogP contribution in [0.1, 0.15) is 13.8 Å². The van der Waals surface area contributed by atoms with Crippen LogP contribution in [-0.2, 0) is 0 Å². The summed E-state index contributed by atoms with van der Waals surface area (Å²) >= 11 is 1.86. The van der Waals surface area contributed by atoms with E-state index in [0.717, 1.165) is 37.7 Å². The summed E-state index contributed by atoms with van der Waals surface area (Å²) in [5, 5.41) is 0. The van der Waals surface area contributed by atoms with Gasteiger partial charge in [0.1, 0.15) is 18.1 Å². The SMILES string of the molecule is CCN(CC)CCOc1ccc(OI)cc1. The molecule has 0 saturated heterocycles. The number of ether oxygens (including phenoxy) is 1. The van der Waals surface area contributed by atoms with Crippen molar-refractivity contribution < 1.29 is 7.80 Å². The molecule has 4 heteroatoms. The van der Waals surface area contributed by atoms with Crippen molar-refractivity contribution in [3.63, 3.8) is 0 Å². The van der Waals surface area contributed by atoms with Crippen molar-refractivity contribution in [2.24, 2.45) is 0 Å². The van der Waals surface area contributed by atoms with Gasteiger partial charge in [-0.05, 0) is 37.4 Å². The topological polar surface area (TPSA) is 21.7 Å². The molecule has 0 aliphatic carbocycles. The van der Waals surface area contributed by atoms with Crippen molar-refractivity contribution in [2.45, 2.75) is 13.8 Å². The Morgan fingerprint density at radius 3 is 2.12 bits per heavy atom. The first kappa shape index (κ1) is 13.6. The monoisotopic (exact) mass is 335 g/mol. The molecule has 0 spiro atoms. The summed E-state index contributed by atoms with van der Waals surface area (Å²) in [6.45, 7) is 8.17. The highest BCUT2D eigenvalue weighted by atomic mass is 127. The summed E-state index contributed by atoms with van der Waals surface area (Å²) in [5.74, 6) is 1.74. The molecule has 0 amide bonds. The van der Waals surface area contributed by atoms with Crippen LogP contribution in [0.15, 0.2) is 24.3 Å². The molecule has 0 bridgehead atoms. The molecule has 0 unspecified atom stereocenters. The molecule has 0 fully saturated rings. The standard InChI is InChI=1S/C12H18INO2/c1-3-14(4-2)9-10-15-11-5-7-12(16-13)8-6-11/h5-8H,3-4,9-10H2,1-2H3. The summed E-state index contributed by atoms with van der Waals surface area (Å²) in [5.41, 5.74) is 0. The predicted octanol–water partition coefficient (Wildman–Crippen LogP) is 3.14. The molecule has 0 aromatic heterocycles. The molecule has 3 nitrogen and oxygen atoms in total. The van der Waals surface area contributed by atoms with Gasteiger partial charge in [0, 0.05) is 6.54 Å². The molecule has 90 valence electrons. The first-order chi connectivity index (χ1) is 7.80. The molecular weight excluding hydrogens is 317 g/mol. The highest BCUT2D eigenvalue weighted by Gasteiger charge is 1.99. The highest BCUT2D eigenvalue weighted by molar-refractivity contribution is 14.1. The van der Waals surface area contributed by atoms with E-state index >= 15 is 0 Å². The molecule has 1 aromatic carbocycles. The number of likely N-dealkylation sites (N-methyl/N-ethyl adjacent to an activating group) is 1. The fourth-order valence-electron chi connectivity index (χ4n) is 1.42. The lowest BCUT2D eigenvalue weighted by molar-refractivity contribution is 0.223. The van der Waals surface area contributed by atoms with Crippen molar-refractivity contribution in [2.75, 3.05) is 26.2 Å². The second-order valence-corrected chi connectivity index (χ2v) is 3.86. The van der Waals surface area contributed by atoms with Crippen LogP contribution in [0.5, 0.6) is 11.5 Å². The Morgan fingerprint density at radius 1 is 1.06 bits per heavy atom. The Balaban J connectivity index is 2.31. The van der Waals surface area contributed by atoms with E-state index in [9.17, 15) is 0 Å². The van der Waals surface area contributed by atoms with E-state index in [-0.39, 0.29) is 0 Å². The molecule has 16 heavy (non-hydrogen) atoms. The third-order valence-electron chi connectivity index (χ3n) is 2.48. The maximum Gasteiger partial charge on any atom is 0.192 e. The highest BCUT2D eigenvalue weighted by Crippen LogP contribution is 2.18. The van der Waals surface area contributed by atoms with E-state index in [1.54, 1.807) is 0 Å². The molecular formula is C12H18INO2. The lowest BCUT2D eigenvalue weighted by Gasteiger charge is -2.17. The minimum atomic E-state index is 0.728. The second-order valence-electron chi connectivity index (χ2n) is 3.42. The van der Waals surface area contributed by atoms with Crippen molar-refractivity contribution in [1.29, 1.82) is 0 Å². The van der Waals surface area contributed by atoms with E-state index < -0.39 is 0 Å². The van der Waals surface area contributed by atoms with Gasteiger partial charge in [0.15, 0.2) is 23.0 Å². The molecule has 1 rings (SSSR count). The quantitative estimate of drug-likeness (QED) is 0.715. The van der Waals surface area contributed by atoms with Gasteiger partial charge < -0.3 is 12.7 Å². The van der Waals surface area contributed by atoms with Crippen molar-refractivity contribution in [1.82, 2.24) is 4.90 Å². The van der Waals surface area contributed by atoms with Crippen LogP contribution >= 0.6 is 23.0 Å². The van der Waals surface area contributed by atoms with E-state index in [1.807, 2.05) is 47.3 Å². The average molecular weight is 335 g/mol. The molecule has 0 heterocycles. The van der Waals surface area contributed by atoms with Gasteiger partial charge in [0.25, 0.3) is 0 Å². The summed E-state index contributed by atoms with van der Waals surface area (Å²) in [7, 11) is 0. The number of rotatable bonds is 7. The summed E-state index contributed by atoms with van der Waals surface area (Å²) < 4.78 is 10.7. The van der Waals surface area contributed by atoms with Crippen LogP contribution in [-0.4, -0.2) is 31.1 Å². The fraction of sp³-hybridized carbons (Fsp3) is 0.500. The van der Waals surface area contributed by atoms with Crippen molar-refractivity contribution in [3.8, 4) is 11.5 Å². The number of benzene rings is 1.